The summed E-state index contributed by atoms with van der Waals surface area (Å²) in [6, 6.07) is 0. The first kappa shape index (κ1) is 9.26. The number of nitrogens with zero attached hydrogens (tertiary/aromatic N) is 2. The lowest BCUT2D eigenvalue weighted by Crippen LogP contribution is -2.08. The summed E-state index contributed by atoms with van der Waals surface area (Å²) in [6.07, 6.45) is 1.88. The molecular weight excluding hydrogens is 150 g/mol. The fourth-order valence-corrected chi connectivity index (χ4v) is 1.39. The third-order valence-electron chi connectivity index (χ3n) is 2.27. The predicted octanol–water partition coefficient (Wildman–Crippen LogP) is 0.792. The number of imidazole rings is 1. The van der Waals surface area contributed by atoms with Gasteiger partial charge in [-0.05, 0) is 19.9 Å². The van der Waals surface area contributed by atoms with E-state index in [9.17, 15) is 0 Å². The highest BCUT2D eigenvalue weighted by atomic mass is 15.1. The Morgan fingerprint density at radius 1 is 1.50 bits per heavy atom. The lowest BCUT2D eigenvalue weighted by molar-refractivity contribution is 0.761. The average molecular weight is 167 g/mol. The van der Waals surface area contributed by atoms with Crippen LogP contribution in [0.4, 0.5) is 0 Å². The first-order valence-electron chi connectivity index (χ1n) is 4.41. The van der Waals surface area contributed by atoms with Crippen molar-refractivity contribution in [3.05, 3.63) is 17.2 Å². The van der Waals surface area contributed by atoms with Crippen LogP contribution in [0.5, 0.6) is 0 Å². The zero-order valence-electron chi connectivity index (χ0n) is 8.09. The maximum Gasteiger partial charge on any atom is 0.110 e. The van der Waals surface area contributed by atoms with Gasteiger partial charge in [-0.15, -0.1) is 0 Å². The average Bonchev–Trinajstić information content (AvgIpc) is 2.33. The molecule has 0 saturated carbocycles. The van der Waals surface area contributed by atoms with Crippen LogP contribution in [-0.4, -0.2) is 16.1 Å². The zero-order valence-corrected chi connectivity index (χ0v) is 8.09. The molecule has 1 heterocycles. The van der Waals surface area contributed by atoms with Gasteiger partial charge >= 0.3 is 0 Å². The fraction of sp³-hybridized carbons (Fsp3) is 0.667. The molecule has 68 valence electrons. The van der Waals surface area contributed by atoms with E-state index in [4.69, 9.17) is 5.73 Å². The summed E-state index contributed by atoms with van der Waals surface area (Å²) >= 11 is 0. The Hall–Kier alpha value is -0.830. The lowest BCUT2D eigenvalue weighted by atomic mass is 10.3. The number of aromatic nitrogens is 2. The van der Waals surface area contributed by atoms with Gasteiger partial charge in [-0.1, -0.05) is 6.92 Å². The van der Waals surface area contributed by atoms with Crippen LogP contribution in [0.1, 0.15) is 24.1 Å². The Bertz CT molecular complexity index is 263. The molecule has 3 nitrogen and oxygen atoms in total. The quantitative estimate of drug-likeness (QED) is 0.723. The maximum absolute atomic E-state index is 5.48. The van der Waals surface area contributed by atoms with Crippen molar-refractivity contribution in [1.29, 1.82) is 0 Å². The van der Waals surface area contributed by atoms with Gasteiger partial charge in [0.25, 0.3) is 0 Å². The van der Waals surface area contributed by atoms with E-state index >= 15 is 0 Å². The second kappa shape index (κ2) is 3.72. The molecule has 1 aromatic rings. The molecule has 0 bridgehead atoms. The van der Waals surface area contributed by atoms with Crippen molar-refractivity contribution in [3.8, 4) is 0 Å². The van der Waals surface area contributed by atoms with Crippen LogP contribution >= 0.6 is 0 Å². The second-order valence-electron chi connectivity index (χ2n) is 3.01. The fourth-order valence-electron chi connectivity index (χ4n) is 1.39. The van der Waals surface area contributed by atoms with Gasteiger partial charge in [0, 0.05) is 19.2 Å². The van der Waals surface area contributed by atoms with Crippen LogP contribution in [0.25, 0.3) is 0 Å². The van der Waals surface area contributed by atoms with E-state index in [1.807, 2.05) is 7.05 Å². The summed E-state index contributed by atoms with van der Waals surface area (Å²) in [5.41, 5.74) is 7.94. The molecule has 0 aromatic carbocycles. The normalized spacial score (nSPS) is 10.7. The largest absolute Gasteiger partial charge is 0.335 e. The summed E-state index contributed by atoms with van der Waals surface area (Å²) in [5, 5.41) is 0. The molecule has 0 spiro atoms. The van der Waals surface area contributed by atoms with Crippen molar-refractivity contribution in [3.63, 3.8) is 0 Å². The number of hydrogen-bond acceptors (Lipinski definition) is 2. The van der Waals surface area contributed by atoms with Gasteiger partial charge in [-0.25, -0.2) is 4.98 Å². The van der Waals surface area contributed by atoms with E-state index in [-0.39, 0.29) is 0 Å². The molecule has 1 aromatic heterocycles. The molecule has 12 heavy (non-hydrogen) atoms. The number of hydrogen-bond donors (Lipinski definition) is 1. The molecule has 2 N–H and O–H groups in total. The summed E-state index contributed by atoms with van der Waals surface area (Å²) in [5.74, 6) is 1.10. The Morgan fingerprint density at radius 3 is 2.58 bits per heavy atom. The third kappa shape index (κ3) is 1.50. The molecule has 0 aliphatic heterocycles. The van der Waals surface area contributed by atoms with E-state index in [1.165, 1.54) is 11.4 Å². The Morgan fingerprint density at radius 2 is 2.17 bits per heavy atom. The molecule has 0 atom stereocenters. The van der Waals surface area contributed by atoms with Crippen LogP contribution in [0.3, 0.4) is 0 Å². The summed E-state index contributed by atoms with van der Waals surface area (Å²) in [7, 11) is 2.05. The highest BCUT2D eigenvalue weighted by Crippen LogP contribution is 2.09. The first-order chi connectivity index (χ1) is 5.70. The molecule has 0 radical (unpaired) electrons. The van der Waals surface area contributed by atoms with E-state index in [2.05, 4.69) is 23.4 Å². The smallest absolute Gasteiger partial charge is 0.110 e. The van der Waals surface area contributed by atoms with Crippen LogP contribution in [0.15, 0.2) is 0 Å². The highest BCUT2D eigenvalue weighted by Gasteiger charge is 2.07. The van der Waals surface area contributed by atoms with E-state index in [0.29, 0.717) is 6.54 Å². The van der Waals surface area contributed by atoms with Gasteiger partial charge in [0.1, 0.15) is 5.82 Å². The topological polar surface area (TPSA) is 43.8 Å². The van der Waals surface area contributed by atoms with Crippen LogP contribution in [-0.2, 0) is 19.9 Å². The van der Waals surface area contributed by atoms with Crippen molar-refractivity contribution in [1.82, 2.24) is 9.55 Å². The standard InChI is InChI=1S/C9H17N3/c1-4-8-7(2)12(3)9(11-8)5-6-10/h4-6,10H2,1-3H3. The molecule has 3 heteroatoms. The lowest BCUT2D eigenvalue weighted by Gasteiger charge is -2.00. The number of nitrogens with two attached hydrogens (primary N) is 1. The predicted molar refractivity (Wildman–Crippen MR) is 50.1 cm³/mol. The summed E-state index contributed by atoms with van der Waals surface area (Å²) in [4.78, 5) is 4.50. The summed E-state index contributed by atoms with van der Waals surface area (Å²) < 4.78 is 2.13. The first-order valence-corrected chi connectivity index (χ1v) is 4.41. The monoisotopic (exact) mass is 167 g/mol. The SMILES string of the molecule is CCc1nc(CCN)n(C)c1C. The molecule has 0 amide bonds. The van der Waals surface area contributed by atoms with Crippen LogP contribution in [0, 0.1) is 6.92 Å². The van der Waals surface area contributed by atoms with Crippen molar-refractivity contribution in [2.24, 2.45) is 12.8 Å². The van der Waals surface area contributed by atoms with Gasteiger partial charge < -0.3 is 10.3 Å². The number of rotatable bonds is 3. The van der Waals surface area contributed by atoms with Crippen LogP contribution in [0.2, 0.25) is 0 Å². The molecule has 0 unspecified atom stereocenters. The van der Waals surface area contributed by atoms with Gasteiger partial charge in [-0.2, -0.15) is 0 Å². The molecule has 0 saturated heterocycles. The molecule has 0 aliphatic rings. The maximum atomic E-state index is 5.48. The van der Waals surface area contributed by atoms with Crippen molar-refractivity contribution < 1.29 is 0 Å². The second-order valence-corrected chi connectivity index (χ2v) is 3.01. The summed E-state index contributed by atoms with van der Waals surface area (Å²) in [6.45, 7) is 4.90. The zero-order chi connectivity index (χ0) is 9.14. The Labute approximate surface area is 73.6 Å². The molecule has 0 aliphatic carbocycles. The van der Waals surface area contributed by atoms with Crippen molar-refractivity contribution >= 4 is 0 Å². The van der Waals surface area contributed by atoms with Gasteiger partial charge in [0.2, 0.25) is 0 Å². The van der Waals surface area contributed by atoms with Gasteiger partial charge in [-0.3, -0.25) is 0 Å². The third-order valence-corrected chi connectivity index (χ3v) is 2.27. The van der Waals surface area contributed by atoms with E-state index in [1.54, 1.807) is 0 Å². The van der Waals surface area contributed by atoms with Gasteiger partial charge in [0.05, 0.1) is 5.69 Å². The highest BCUT2D eigenvalue weighted by molar-refractivity contribution is 5.15. The minimum absolute atomic E-state index is 0.674. The molecule has 1 rings (SSSR count). The van der Waals surface area contributed by atoms with Crippen molar-refractivity contribution in [2.75, 3.05) is 6.54 Å². The van der Waals surface area contributed by atoms with Gasteiger partial charge in [0.15, 0.2) is 0 Å². The van der Waals surface area contributed by atoms with Crippen molar-refractivity contribution in [2.45, 2.75) is 26.7 Å². The minimum atomic E-state index is 0.674. The van der Waals surface area contributed by atoms with E-state index in [0.717, 1.165) is 18.7 Å². The Kier molecular flexibility index (Phi) is 2.87. The number of aryl methyl sites for hydroxylation is 1. The van der Waals surface area contributed by atoms with E-state index < -0.39 is 0 Å². The minimum Gasteiger partial charge on any atom is -0.335 e. The molecule has 0 fully saturated rings. The van der Waals surface area contributed by atoms with Crippen LogP contribution < -0.4 is 5.73 Å². The molecular formula is C9H17N3. The Balaban J connectivity index is 2.98.